The van der Waals surface area contributed by atoms with Crippen molar-refractivity contribution in [2.24, 2.45) is 0 Å². The first kappa shape index (κ1) is 16.5. The molecule has 0 aliphatic carbocycles. The molecular weight excluding hydrogens is 296 g/mol. The summed E-state index contributed by atoms with van der Waals surface area (Å²) in [6.45, 7) is 3.62. The Labute approximate surface area is 134 Å². The standard InChI is InChI=1S/C18H18O5/c1-11-9-13(5-7-15(11)17(19)21-3)23-14-6-8-16(12(2)10-14)18(20)22-4/h5-10H,1-4H3. The molecule has 0 saturated heterocycles. The van der Waals surface area contributed by atoms with Crippen molar-refractivity contribution in [2.75, 3.05) is 14.2 Å². The minimum absolute atomic E-state index is 0.382. The molecule has 0 fully saturated rings. The highest BCUT2D eigenvalue weighted by molar-refractivity contribution is 5.91. The smallest absolute Gasteiger partial charge is 0.338 e. The van der Waals surface area contributed by atoms with Crippen LogP contribution in [-0.2, 0) is 9.47 Å². The first-order valence-corrected chi connectivity index (χ1v) is 7.02. The summed E-state index contributed by atoms with van der Waals surface area (Å²) in [5.41, 5.74) is 2.52. The normalized spacial score (nSPS) is 10.1. The van der Waals surface area contributed by atoms with E-state index in [0.29, 0.717) is 22.6 Å². The maximum absolute atomic E-state index is 11.6. The van der Waals surface area contributed by atoms with E-state index in [-0.39, 0.29) is 11.9 Å². The van der Waals surface area contributed by atoms with Gasteiger partial charge in [-0.15, -0.1) is 0 Å². The molecule has 0 aromatic heterocycles. The zero-order chi connectivity index (χ0) is 17.0. The molecule has 5 nitrogen and oxygen atoms in total. The van der Waals surface area contributed by atoms with Crippen LogP contribution in [-0.4, -0.2) is 26.2 Å². The van der Waals surface area contributed by atoms with Gasteiger partial charge in [0.1, 0.15) is 11.5 Å². The summed E-state index contributed by atoms with van der Waals surface area (Å²) in [5, 5.41) is 0. The number of esters is 2. The number of rotatable bonds is 4. The van der Waals surface area contributed by atoms with Gasteiger partial charge in [0, 0.05) is 0 Å². The monoisotopic (exact) mass is 314 g/mol. The lowest BCUT2D eigenvalue weighted by atomic mass is 10.1. The predicted octanol–water partition coefficient (Wildman–Crippen LogP) is 3.67. The Morgan fingerprint density at radius 2 is 1.13 bits per heavy atom. The van der Waals surface area contributed by atoms with Crippen molar-refractivity contribution < 1.29 is 23.8 Å². The summed E-state index contributed by atoms with van der Waals surface area (Å²) >= 11 is 0. The Balaban J connectivity index is 2.23. The Hall–Kier alpha value is -2.82. The number of hydrogen-bond donors (Lipinski definition) is 0. The van der Waals surface area contributed by atoms with Crippen molar-refractivity contribution in [3.8, 4) is 11.5 Å². The van der Waals surface area contributed by atoms with Gasteiger partial charge in [0.05, 0.1) is 25.3 Å². The third-order valence-electron chi connectivity index (χ3n) is 3.44. The summed E-state index contributed by atoms with van der Waals surface area (Å²) in [6.07, 6.45) is 0. The highest BCUT2D eigenvalue weighted by atomic mass is 16.5. The molecule has 0 aliphatic heterocycles. The summed E-state index contributed by atoms with van der Waals surface area (Å²) in [5.74, 6) is 0.431. The maximum atomic E-state index is 11.6. The molecule has 0 heterocycles. The third-order valence-corrected chi connectivity index (χ3v) is 3.44. The van der Waals surface area contributed by atoms with E-state index in [1.807, 2.05) is 13.8 Å². The van der Waals surface area contributed by atoms with Gasteiger partial charge in [-0.3, -0.25) is 0 Å². The lowest BCUT2D eigenvalue weighted by Crippen LogP contribution is -2.04. The second-order valence-electron chi connectivity index (χ2n) is 5.04. The van der Waals surface area contributed by atoms with E-state index >= 15 is 0 Å². The molecule has 0 spiro atoms. The molecule has 23 heavy (non-hydrogen) atoms. The molecule has 2 aromatic rings. The highest BCUT2D eigenvalue weighted by Crippen LogP contribution is 2.26. The summed E-state index contributed by atoms with van der Waals surface area (Å²) in [7, 11) is 2.69. The van der Waals surface area contributed by atoms with Crippen LogP contribution in [0.2, 0.25) is 0 Å². The third kappa shape index (κ3) is 3.69. The minimum Gasteiger partial charge on any atom is -0.465 e. The number of carbonyl (C=O) groups is 2. The first-order valence-electron chi connectivity index (χ1n) is 7.02. The lowest BCUT2D eigenvalue weighted by Gasteiger charge is -2.11. The van der Waals surface area contributed by atoms with Crippen molar-refractivity contribution in [2.45, 2.75) is 13.8 Å². The minimum atomic E-state index is -0.382. The van der Waals surface area contributed by atoms with Crippen LogP contribution in [0.5, 0.6) is 11.5 Å². The van der Waals surface area contributed by atoms with Crippen LogP contribution >= 0.6 is 0 Å². The average Bonchev–Trinajstić information content (AvgIpc) is 2.54. The quantitative estimate of drug-likeness (QED) is 0.806. The van der Waals surface area contributed by atoms with Crippen molar-refractivity contribution in [3.05, 3.63) is 58.7 Å². The van der Waals surface area contributed by atoms with Crippen molar-refractivity contribution in [3.63, 3.8) is 0 Å². The zero-order valence-corrected chi connectivity index (χ0v) is 13.5. The Morgan fingerprint density at radius 3 is 1.43 bits per heavy atom. The van der Waals surface area contributed by atoms with Crippen LogP contribution < -0.4 is 4.74 Å². The van der Waals surface area contributed by atoms with E-state index in [0.717, 1.165) is 11.1 Å². The second kappa shape index (κ2) is 6.96. The van der Waals surface area contributed by atoms with E-state index in [1.54, 1.807) is 36.4 Å². The zero-order valence-electron chi connectivity index (χ0n) is 13.5. The molecule has 0 radical (unpaired) electrons. The number of carbonyl (C=O) groups excluding carboxylic acids is 2. The van der Waals surface area contributed by atoms with Crippen molar-refractivity contribution in [1.82, 2.24) is 0 Å². The Kier molecular flexibility index (Phi) is 5.01. The molecule has 0 unspecified atom stereocenters. The SMILES string of the molecule is COC(=O)c1ccc(Oc2ccc(C(=O)OC)c(C)c2)cc1C. The molecule has 2 aromatic carbocycles. The topological polar surface area (TPSA) is 61.8 Å². The average molecular weight is 314 g/mol. The van der Waals surface area contributed by atoms with Crippen LogP contribution in [0.25, 0.3) is 0 Å². The molecule has 2 rings (SSSR count). The molecule has 0 atom stereocenters. The van der Waals surface area contributed by atoms with Crippen molar-refractivity contribution in [1.29, 1.82) is 0 Å². The van der Waals surface area contributed by atoms with Crippen LogP contribution in [0.3, 0.4) is 0 Å². The number of methoxy groups -OCH3 is 2. The molecule has 120 valence electrons. The Morgan fingerprint density at radius 1 is 0.739 bits per heavy atom. The molecule has 0 amide bonds. The second-order valence-corrected chi connectivity index (χ2v) is 5.04. The predicted molar refractivity (Wildman–Crippen MR) is 85.1 cm³/mol. The van der Waals surface area contributed by atoms with E-state index < -0.39 is 0 Å². The fraction of sp³-hybridized carbons (Fsp3) is 0.222. The van der Waals surface area contributed by atoms with Crippen molar-refractivity contribution >= 4 is 11.9 Å². The molecule has 0 saturated carbocycles. The number of aryl methyl sites for hydroxylation is 2. The van der Waals surface area contributed by atoms with Gasteiger partial charge in [0.25, 0.3) is 0 Å². The van der Waals surface area contributed by atoms with Gasteiger partial charge in [0.2, 0.25) is 0 Å². The van der Waals surface area contributed by atoms with Gasteiger partial charge >= 0.3 is 11.9 Å². The largest absolute Gasteiger partial charge is 0.465 e. The van der Waals surface area contributed by atoms with Crippen LogP contribution in [0, 0.1) is 13.8 Å². The van der Waals surface area contributed by atoms with Gasteiger partial charge in [0.15, 0.2) is 0 Å². The number of ether oxygens (including phenoxy) is 3. The van der Waals surface area contributed by atoms with Crippen LogP contribution in [0.4, 0.5) is 0 Å². The highest BCUT2D eigenvalue weighted by Gasteiger charge is 2.12. The summed E-state index contributed by atoms with van der Waals surface area (Å²) < 4.78 is 15.2. The molecule has 0 aliphatic rings. The lowest BCUT2D eigenvalue weighted by molar-refractivity contribution is 0.0591. The molecule has 5 heteroatoms. The maximum Gasteiger partial charge on any atom is 0.338 e. The van der Waals surface area contributed by atoms with E-state index in [1.165, 1.54) is 14.2 Å². The fourth-order valence-electron chi connectivity index (χ4n) is 2.21. The Bertz CT molecular complexity index is 686. The van der Waals surface area contributed by atoms with E-state index in [2.05, 4.69) is 0 Å². The molecular formula is C18H18O5. The number of benzene rings is 2. The van der Waals surface area contributed by atoms with Gasteiger partial charge in [-0.2, -0.15) is 0 Å². The van der Waals surface area contributed by atoms with Crippen LogP contribution in [0.15, 0.2) is 36.4 Å². The van der Waals surface area contributed by atoms with Gasteiger partial charge in [-0.1, -0.05) is 0 Å². The first-order chi connectivity index (χ1) is 11.0. The van der Waals surface area contributed by atoms with Gasteiger partial charge in [-0.05, 0) is 61.4 Å². The van der Waals surface area contributed by atoms with E-state index in [4.69, 9.17) is 14.2 Å². The van der Waals surface area contributed by atoms with Gasteiger partial charge < -0.3 is 14.2 Å². The fourth-order valence-corrected chi connectivity index (χ4v) is 2.21. The van der Waals surface area contributed by atoms with Gasteiger partial charge in [-0.25, -0.2) is 9.59 Å². The summed E-state index contributed by atoms with van der Waals surface area (Å²) in [6, 6.07) is 10.2. The number of hydrogen-bond acceptors (Lipinski definition) is 5. The summed E-state index contributed by atoms with van der Waals surface area (Å²) in [4.78, 5) is 23.1. The molecule has 0 bridgehead atoms. The van der Waals surface area contributed by atoms with Crippen LogP contribution in [0.1, 0.15) is 31.8 Å². The molecule has 0 N–H and O–H groups in total. The van der Waals surface area contributed by atoms with E-state index in [9.17, 15) is 9.59 Å².